The van der Waals surface area contributed by atoms with E-state index in [4.69, 9.17) is 0 Å². The van der Waals surface area contributed by atoms with Crippen LogP contribution >= 0.6 is 11.3 Å². The lowest BCUT2D eigenvalue weighted by atomic mass is 10.1. The van der Waals surface area contributed by atoms with Gasteiger partial charge in [0.15, 0.2) is 0 Å². The Hall–Kier alpha value is -0.870. The Morgan fingerprint density at radius 1 is 1.29 bits per heavy atom. The molecule has 1 aromatic rings. The van der Waals surface area contributed by atoms with Crippen LogP contribution < -0.4 is 0 Å². The van der Waals surface area contributed by atoms with E-state index >= 15 is 0 Å². The van der Waals surface area contributed by atoms with Gasteiger partial charge in [-0.3, -0.25) is 9.69 Å². The predicted octanol–water partition coefficient (Wildman–Crippen LogP) is 1.73. The molecule has 0 unspecified atom stereocenters. The highest BCUT2D eigenvalue weighted by atomic mass is 32.1. The van der Waals surface area contributed by atoms with Crippen LogP contribution in [-0.4, -0.2) is 41.9 Å². The lowest BCUT2D eigenvalue weighted by Crippen LogP contribution is -2.41. The summed E-state index contributed by atoms with van der Waals surface area (Å²) in [5.41, 5.74) is 1.36. The third-order valence-corrected chi connectivity index (χ3v) is 4.74. The average Bonchev–Trinajstić information content (AvgIpc) is 2.97. The second-order valence-electron chi connectivity index (χ2n) is 4.92. The zero-order valence-electron chi connectivity index (χ0n) is 10.0. The Kier molecular flexibility index (Phi) is 3.16. The molecule has 2 aliphatic rings. The average molecular weight is 250 g/mol. The minimum Gasteiger partial charge on any atom is -0.337 e. The van der Waals surface area contributed by atoms with Crippen molar-refractivity contribution in [3.05, 3.63) is 21.9 Å². The van der Waals surface area contributed by atoms with Crippen molar-refractivity contribution in [1.82, 2.24) is 9.80 Å². The lowest BCUT2D eigenvalue weighted by Gasteiger charge is -2.28. The molecule has 0 spiro atoms. The van der Waals surface area contributed by atoms with Crippen LogP contribution in [0.25, 0.3) is 0 Å². The van der Waals surface area contributed by atoms with Crippen molar-refractivity contribution in [3.63, 3.8) is 0 Å². The molecule has 92 valence electrons. The summed E-state index contributed by atoms with van der Waals surface area (Å²) in [6, 6.07) is 2.16. The summed E-state index contributed by atoms with van der Waals surface area (Å²) in [5.74, 6) is 0.309. The molecule has 0 N–H and O–H groups in total. The SMILES string of the molecule is O=C(CN1CCCC1)N1CCc2sccc2C1. The molecule has 1 saturated heterocycles. The van der Waals surface area contributed by atoms with Crippen LogP contribution in [-0.2, 0) is 17.8 Å². The van der Waals surface area contributed by atoms with Gasteiger partial charge < -0.3 is 4.90 Å². The molecule has 0 aliphatic carbocycles. The Morgan fingerprint density at radius 2 is 2.12 bits per heavy atom. The third kappa shape index (κ3) is 2.38. The Balaban J connectivity index is 1.60. The van der Waals surface area contributed by atoms with Crippen molar-refractivity contribution >= 4 is 17.2 Å². The summed E-state index contributed by atoms with van der Waals surface area (Å²) in [5, 5.41) is 2.14. The van der Waals surface area contributed by atoms with Gasteiger partial charge in [-0.15, -0.1) is 11.3 Å². The normalized spacial score (nSPS) is 20.6. The van der Waals surface area contributed by atoms with Crippen LogP contribution in [0.1, 0.15) is 23.3 Å². The molecule has 0 aromatic carbocycles. The van der Waals surface area contributed by atoms with E-state index in [0.717, 1.165) is 32.6 Å². The zero-order chi connectivity index (χ0) is 11.7. The molecule has 2 aliphatic heterocycles. The number of carbonyl (C=O) groups is 1. The third-order valence-electron chi connectivity index (χ3n) is 3.72. The van der Waals surface area contributed by atoms with Crippen LogP contribution in [0.15, 0.2) is 11.4 Å². The van der Waals surface area contributed by atoms with Crippen LogP contribution in [0.4, 0.5) is 0 Å². The summed E-state index contributed by atoms with van der Waals surface area (Å²) in [6.07, 6.45) is 3.54. The molecule has 4 heteroatoms. The fourth-order valence-corrected chi connectivity index (χ4v) is 3.58. The van der Waals surface area contributed by atoms with Gasteiger partial charge in [-0.1, -0.05) is 0 Å². The minimum absolute atomic E-state index is 0.309. The maximum Gasteiger partial charge on any atom is 0.237 e. The van der Waals surface area contributed by atoms with Gasteiger partial charge in [0.1, 0.15) is 0 Å². The number of hydrogen-bond acceptors (Lipinski definition) is 3. The van der Waals surface area contributed by atoms with Gasteiger partial charge >= 0.3 is 0 Å². The Labute approximate surface area is 106 Å². The van der Waals surface area contributed by atoms with Gasteiger partial charge in [0, 0.05) is 18.0 Å². The van der Waals surface area contributed by atoms with Crippen molar-refractivity contribution in [2.75, 3.05) is 26.2 Å². The minimum atomic E-state index is 0.309. The summed E-state index contributed by atoms with van der Waals surface area (Å²) >= 11 is 1.82. The highest BCUT2D eigenvalue weighted by molar-refractivity contribution is 7.10. The number of fused-ring (bicyclic) bond motifs is 1. The van der Waals surface area contributed by atoms with Gasteiger partial charge in [-0.25, -0.2) is 0 Å². The summed E-state index contributed by atoms with van der Waals surface area (Å²) in [7, 11) is 0. The van der Waals surface area contributed by atoms with Crippen LogP contribution in [0.3, 0.4) is 0 Å². The molecule has 3 heterocycles. The smallest absolute Gasteiger partial charge is 0.237 e. The summed E-state index contributed by atoms with van der Waals surface area (Å²) in [6.45, 7) is 4.55. The van der Waals surface area contributed by atoms with E-state index in [2.05, 4.69) is 16.3 Å². The number of thiophene rings is 1. The first-order valence-electron chi connectivity index (χ1n) is 6.38. The number of hydrogen-bond donors (Lipinski definition) is 0. The lowest BCUT2D eigenvalue weighted by molar-refractivity contribution is -0.133. The molecule has 0 radical (unpaired) electrons. The van der Waals surface area contributed by atoms with Gasteiger partial charge in [0.05, 0.1) is 6.54 Å². The van der Waals surface area contributed by atoms with Crippen LogP contribution in [0, 0.1) is 0 Å². The largest absolute Gasteiger partial charge is 0.337 e. The van der Waals surface area contributed by atoms with E-state index < -0.39 is 0 Å². The first kappa shape index (κ1) is 11.2. The van der Waals surface area contributed by atoms with Crippen LogP contribution in [0.5, 0.6) is 0 Å². The van der Waals surface area contributed by atoms with E-state index in [0.29, 0.717) is 12.5 Å². The Bertz CT molecular complexity index is 409. The molecule has 0 bridgehead atoms. The van der Waals surface area contributed by atoms with E-state index in [1.807, 2.05) is 16.2 Å². The number of rotatable bonds is 2. The maximum absolute atomic E-state index is 12.2. The van der Waals surface area contributed by atoms with E-state index in [1.54, 1.807) is 0 Å². The first-order valence-corrected chi connectivity index (χ1v) is 7.26. The second kappa shape index (κ2) is 4.78. The number of nitrogens with zero attached hydrogens (tertiary/aromatic N) is 2. The van der Waals surface area contributed by atoms with Crippen molar-refractivity contribution in [3.8, 4) is 0 Å². The molecule has 0 saturated carbocycles. The molecule has 3 nitrogen and oxygen atoms in total. The molecule has 0 atom stereocenters. The topological polar surface area (TPSA) is 23.6 Å². The molecular formula is C13H18N2OS. The van der Waals surface area contributed by atoms with E-state index in [9.17, 15) is 4.79 Å². The second-order valence-corrected chi connectivity index (χ2v) is 5.92. The van der Waals surface area contributed by atoms with Crippen molar-refractivity contribution in [2.24, 2.45) is 0 Å². The number of carbonyl (C=O) groups excluding carboxylic acids is 1. The molecule has 3 rings (SSSR count). The van der Waals surface area contributed by atoms with Gasteiger partial charge in [0.2, 0.25) is 5.91 Å². The maximum atomic E-state index is 12.2. The summed E-state index contributed by atoms with van der Waals surface area (Å²) in [4.78, 5) is 17.9. The van der Waals surface area contributed by atoms with Gasteiger partial charge in [-0.2, -0.15) is 0 Å². The summed E-state index contributed by atoms with van der Waals surface area (Å²) < 4.78 is 0. The van der Waals surface area contributed by atoms with E-state index in [1.165, 1.54) is 23.3 Å². The van der Waals surface area contributed by atoms with Crippen molar-refractivity contribution < 1.29 is 4.79 Å². The Morgan fingerprint density at radius 3 is 2.94 bits per heavy atom. The molecule has 1 amide bonds. The van der Waals surface area contributed by atoms with Crippen molar-refractivity contribution in [1.29, 1.82) is 0 Å². The molecular weight excluding hydrogens is 232 g/mol. The molecule has 17 heavy (non-hydrogen) atoms. The quantitative estimate of drug-likeness (QED) is 0.798. The first-order chi connectivity index (χ1) is 8.33. The van der Waals surface area contributed by atoms with Gasteiger partial charge in [0.25, 0.3) is 0 Å². The standard InChI is InChI=1S/C13H18N2OS/c16-13(10-14-5-1-2-6-14)15-7-3-12-11(9-15)4-8-17-12/h4,8H,1-3,5-7,9-10H2. The highest BCUT2D eigenvalue weighted by Gasteiger charge is 2.23. The fraction of sp³-hybridized carbons (Fsp3) is 0.615. The fourth-order valence-electron chi connectivity index (χ4n) is 2.69. The van der Waals surface area contributed by atoms with E-state index in [-0.39, 0.29) is 0 Å². The molecule has 1 aromatic heterocycles. The molecule has 1 fully saturated rings. The number of amides is 1. The highest BCUT2D eigenvalue weighted by Crippen LogP contribution is 2.24. The monoisotopic (exact) mass is 250 g/mol. The number of likely N-dealkylation sites (tertiary alicyclic amines) is 1. The zero-order valence-corrected chi connectivity index (χ0v) is 10.8. The van der Waals surface area contributed by atoms with Crippen molar-refractivity contribution in [2.45, 2.75) is 25.8 Å². The van der Waals surface area contributed by atoms with Gasteiger partial charge in [-0.05, 0) is 49.4 Å². The van der Waals surface area contributed by atoms with Crippen LogP contribution in [0.2, 0.25) is 0 Å². The predicted molar refractivity (Wildman–Crippen MR) is 69.1 cm³/mol.